The van der Waals surface area contributed by atoms with Crippen molar-refractivity contribution >= 4 is 11.8 Å². The molecule has 0 atom stereocenters. The summed E-state index contributed by atoms with van der Waals surface area (Å²) in [6.07, 6.45) is 10.5. The van der Waals surface area contributed by atoms with Crippen molar-refractivity contribution in [3.8, 4) is 12.3 Å². The maximum atomic E-state index is 5.11. The van der Waals surface area contributed by atoms with Gasteiger partial charge in [-0.3, -0.25) is 0 Å². The molecule has 0 saturated heterocycles. The zero-order valence-corrected chi connectivity index (χ0v) is 8.04. The normalized spacial score (nSPS) is 9.45. The molecule has 0 unspecified atom stereocenters. The number of hydrogen-bond donors (Lipinski definition) is 1. The van der Waals surface area contributed by atoms with Crippen LogP contribution in [0.25, 0.3) is 0 Å². The summed E-state index contributed by atoms with van der Waals surface area (Å²) >= 11 is 1.90. The quantitative estimate of drug-likeness (QED) is 0.462. The molecule has 0 fully saturated rings. The fraction of sp³-hybridized carbons (Fsp3) is 0.778. The third kappa shape index (κ3) is 9.87. The van der Waals surface area contributed by atoms with Crippen molar-refractivity contribution in [1.82, 2.24) is 5.32 Å². The number of terminal acetylenes is 1. The first-order valence-electron chi connectivity index (χ1n) is 4.05. The van der Waals surface area contributed by atoms with Crippen LogP contribution < -0.4 is 5.32 Å². The Balaban J connectivity index is 2.75. The minimum absolute atomic E-state index is 0.898. The number of hydrogen-bond acceptors (Lipinski definition) is 2. The van der Waals surface area contributed by atoms with E-state index in [2.05, 4.69) is 17.5 Å². The second-order valence-electron chi connectivity index (χ2n) is 2.40. The van der Waals surface area contributed by atoms with Gasteiger partial charge in [-0.1, -0.05) is 0 Å². The number of nitrogens with one attached hydrogen (secondary N) is 1. The molecule has 11 heavy (non-hydrogen) atoms. The molecular formula is C9H17NS. The highest BCUT2D eigenvalue weighted by molar-refractivity contribution is 7.98. The number of rotatable bonds is 7. The fourth-order valence-electron chi connectivity index (χ4n) is 0.782. The van der Waals surface area contributed by atoms with Crippen molar-refractivity contribution in [3.63, 3.8) is 0 Å². The van der Waals surface area contributed by atoms with Gasteiger partial charge in [0.25, 0.3) is 0 Å². The predicted octanol–water partition coefficient (Wildman–Crippen LogP) is 1.74. The molecule has 0 aliphatic carbocycles. The SMILES string of the molecule is C#CCCCNCCCSC. The van der Waals surface area contributed by atoms with Gasteiger partial charge in [0, 0.05) is 6.42 Å². The monoisotopic (exact) mass is 171 g/mol. The first-order valence-corrected chi connectivity index (χ1v) is 5.44. The van der Waals surface area contributed by atoms with E-state index in [9.17, 15) is 0 Å². The van der Waals surface area contributed by atoms with Gasteiger partial charge in [-0.15, -0.1) is 12.3 Å². The lowest BCUT2D eigenvalue weighted by atomic mass is 10.3. The van der Waals surface area contributed by atoms with E-state index in [4.69, 9.17) is 6.42 Å². The average molecular weight is 171 g/mol. The molecule has 0 aromatic carbocycles. The summed E-state index contributed by atoms with van der Waals surface area (Å²) in [4.78, 5) is 0. The van der Waals surface area contributed by atoms with Crippen LogP contribution in [0.5, 0.6) is 0 Å². The molecule has 0 radical (unpaired) electrons. The van der Waals surface area contributed by atoms with E-state index in [1.807, 2.05) is 11.8 Å². The van der Waals surface area contributed by atoms with E-state index in [0.717, 1.165) is 25.9 Å². The fourth-order valence-corrected chi connectivity index (χ4v) is 1.21. The van der Waals surface area contributed by atoms with Crippen molar-refractivity contribution in [3.05, 3.63) is 0 Å². The number of thioether (sulfide) groups is 1. The van der Waals surface area contributed by atoms with Gasteiger partial charge >= 0.3 is 0 Å². The molecule has 0 aliphatic rings. The Labute approximate surface area is 74.3 Å². The maximum absolute atomic E-state index is 5.11. The highest BCUT2D eigenvalue weighted by atomic mass is 32.2. The molecule has 0 aromatic heterocycles. The highest BCUT2D eigenvalue weighted by Gasteiger charge is 1.86. The van der Waals surface area contributed by atoms with E-state index in [1.54, 1.807) is 0 Å². The van der Waals surface area contributed by atoms with Crippen molar-refractivity contribution in [2.24, 2.45) is 0 Å². The molecule has 0 aromatic rings. The van der Waals surface area contributed by atoms with Crippen LogP contribution in [0.1, 0.15) is 19.3 Å². The Hall–Kier alpha value is -0.130. The first-order chi connectivity index (χ1) is 5.41. The molecule has 2 heteroatoms. The molecule has 0 amide bonds. The van der Waals surface area contributed by atoms with Crippen LogP contribution in [0, 0.1) is 12.3 Å². The first kappa shape index (κ1) is 10.9. The lowest BCUT2D eigenvalue weighted by Crippen LogP contribution is -2.16. The van der Waals surface area contributed by atoms with E-state index in [1.165, 1.54) is 12.2 Å². The van der Waals surface area contributed by atoms with Crippen molar-refractivity contribution in [1.29, 1.82) is 0 Å². The highest BCUT2D eigenvalue weighted by Crippen LogP contribution is 1.93. The molecule has 0 heterocycles. The van der Waals surface area contributed by atoms with E-state index < -0.39 is 0 Å². The summed E-state index contributed by atoms with van der Waals surface area (Å²) in [6, 6.07) is 0. The van der Waals surface area contributed by atoms with Gasteiger partial charge in [0.2, 0.25) is 0 Å². The smallest absolute Gasteiger partial charge is 0.00981 e. The Morgan fingerprint density at radius 3 is 2.73 bits per heavy atom. The Kier molecular flexibility index (Phi) is 9.75. The Morgan fingerprint density at radius 2 is 2.09 bits per heavy atom. The lowest BCUT2D eigenvalue weighted by Gasteiger charge is -2.00. The van der Waals surface area contributed by atoms with Crippen molar-refractivity contribution in [2.45, 2.75) is 19.3 Å². The van der Waals surface area contributed by atoms with Gasteiger partial charge in [-0.05, 0) is 37.9 Å². The van der Waals surface area contributed by atoms with Crippen LogP contribution >= 0.6 is 11.8 Å². The van der Waals surface area contributed by atoms with Crippen molar-refractivity contribution in [2.75, 3.05) is 25.1 Å². The molecule has 0 saturated carbocycles. The molecule has 0 bridgehead atoms. The van der Waals surface area contributed by atoms with Gasteiger partial charge < -0.3 is 5.32 Å². The van der Waals surface area contributed by atoms with Crippen LogP contribution in [0.2, 0.25) is 0 Å². The molecule has 1 N–H and O–H groups in total. The summed E-state index contributed by atoms with van der Waals surface area (Å²) in [7, 11) is 0. The molecule has 0 spiro atoms. The third-order valence-corrected chi connectivity index (χ3v) is 2.07. The van der Waals surface area contributed by atoms with Gasteiger partial charge in [0.1, 0.15) is 0 Å². The second-order valence-corrected chi connectivity index (χ2v) is 3.39. The van der Waals surface area contributed by atoms with Crippen LogP contribution in [0.15, 0.2) is 0 Å². The zero-order chi connectivity index (χ0) is 8.36. The average Bonchev–Trinajstić information content (AvgIpc) is 2.03. The third-order valence-electron chi connectivity index (χ3n) is 1.38. The summed E-state index contributed by atoms with van der Waals surface area (Å²) in [5, 5.41) is 3.35. The summed E-state index contributed by atoms with van der Waals surface area (Å²) in [5.41, 5.74) is 0. The summed E-state index contributed by atoms with van der Waals surface area (Å²) in [5.74, 6) is 3.88. The van der Waals surface area contributed by atoms with E-state index >= 15 is 0 Å². The van der Waals surface area contributed by atoms with Crippen LogP contribution in [-0.2, 0) is 0 Å². The second kappa shape index (κ2) is 9.87. The Bertz CT molecular complexity index is 107. The maximum Gasteiger partial charge on any atom is 0.00981 e. The Morgan fingerprint density at radius 1 is 1.36 bits per heavy atom. The van der Waals surface area contributed by atoms with Gasteiger partial charge in [0.15, 0.2) is 0 Å². The van der Waals surface area contributed by atoms with E-state index in [-0.39, 0.29) is 0 Å². The summed E-state index contributed by atoms with van der Waals surface area (Å²) in [6.45, 7) is 2.20. The van der Waals surface area contributed by atoms with Crippen LogP contribution in [-0.4, -0.2) is 25.1 Å². The van der Waals surface area contributed by atoms with Crippen LogP contribution in [0.3, 0.4) is 0 Å². The molecule has 0 aliphatic heterocycles. The minimum atomic E-state index is 0.898. The van der Waals surface area contributed by atoms with Gasteiger partial charge in [-0.25, -0.2) is 0 Å². The molecule has 1 nitrogen and oxygen atoms in total. The van der Waals surface area contributed by atoms with Crippen molar-refractivity contribution < 1.29 is 0 Å². The van der Waals surface area contributed by atoms with Gasteiger partial charge in [0.05, 0.1) is 0 Å². The number of unbranched alkanes of at least 4 members (excludes halogenated alkanes) is 1. The largest absolute Gasteiger partial charge is 0.317 e. The van der Waals surface area contributed by atoms with Gasteiger partial charge in [-0.2, -0.15) is 11.8 Å². The standard InChI is InChI=1S/C9H17NS/c1-3-4-5-7-10-8-6-9-11-2/h1,10H,4-9H2,2H3. The predicted molar refractivity (Wildman–Crippen MR) is 53.9 cm³/mol. The molecule has 64 valence electrons. The lowest BCUT2D eigenvalue weighted by molar-refractivity contribution is 0.650. The zero-order valence-electron chi connectivity index (χ0n) is 7.23. The topological polar surface area (TPSA) is 12.0 Å². The summed E-state index contributed by atoms with van der Waals surface area (Å²) < 4.78 is 0. The molecule has 0 rings (SSSR count). The van der Waals surface area contributed by atoms with Crippen LogP contribution in [0.4, 0.5) is 0 Å². The van der Waals surface area contributed by atoms with E-state index in [0.29, 0.717) is 0 Å². The minimum Gasteiger partial charge on any atom is -0.317 e. The molecular weight excluding hydrogens is 154 g/mol.